The molecule has 0 saturated carbocycles. The van der Waals surface area contributed by atoms with Crippen molar-refractivity contribution in [2.24, 2.45) is 0 Å². The summed E-state index contributed by atoms with van der Waals surface area (Å²) in [5, 5.41) is 4.05. The van der Waals surface area contributed by atoms with E-state index < -0.39 is 0 Å². The summed E-state index contributed by atoms with van der Waals surface area (Å²) < 4.78 is 6.90. The largest absolute Gasteiger partial charge is 0.497 e. The van der Waals surface area contributed by atoms with E-state index in [9.17, 15) is 9.59 Å². The van der Waals surface area contributed by atoms with E-state index in [0.29, 0.717) is 34.0 Å². The van der Waals surface area contributed by atoms with E-state index in [1.807, 2.05) is 36.4 Å². The number of aromatic nitrogens is 2. The van der Waals surface area contributed by atoms with Crippen molar-refractivity contribution in [3.05, 3.63) is 58.9 Å². The number of thioether (sulfide) groups is 1. The third-order valence-electron chi connectivity index (χ3n) is 4.75. The van der Waals surface area contributed by atoms with Crippen LogP contribution in [0.3, 0.4) is 0 Å². The number of carbonyl (C=O) groups excluding carboxylic acids is 1. The maximum atomic E-state index is 13.0. The number of para-hydroxylation sites is 1. The molecule has 30 heavy (non-hydrogen) atoms. The molecular weight excluding hydrogens is 398 g/mol. The van der Waals surface area contributed by atoms with Gasteiger partial charge in [-0.3, -0.25) is 14.2 Å². The number of unbranched alkanes of at least 4 members (excludes halogenated alkanes) is 3. The maximum absolute atomic E-state index is 13.0. The first kappa shape index (κ1) is 21.9. The minimum absolute atomic E-state index is 0.0483. The summed E-state index contributed by atoms with van der Waals surface area (Å²) in [4.78, 5) is 30.1. The second kappa shape index (κ2) is 10.8. The molecule has 0 atom stereocenters. The van der Waals surface area contributed by atoms with Crippen molar-refractivity contribution in [3.63, 3.8) is 0 Å². The zero-order valence-electron chi connectivity index (χ0n) is 17.4. The molecule has 6 nitrogen and oxygen atoms in total. The maximum Gasteiger partial charge on any atom is 0.262 e. The van der Waals surface area contributed by atoms with Crippen LogP contribution in [-0.4, -0.2) is 28.3 Å². The quantitative estimate of drug-likeness (QED) is 0.289. The number of amides is 1. The number of carbonyl (C=O) groups is 1. The van der Waals surface area contributed by atoms with Gasteiger partial charge < -0.3 is 10.1 Å². The summed E-state index contributed by atoms with van der Waals surface area (Å²) >= 11 is 1.29. The number of nitrogens with zero attached hydrogens (tertiary/aromatic N) is 2. The van der Waals surface area contributed by atoms with E-state index in [1.54, 1.807) is 23.8 Å². The number of hydrogen-bond acceptors (Lipinski definition) is 5. The first-order valence-electron chi connectivity index (χ1n) is 10.2. The first-order chi connectivity index (χ1) is 14.6. The molecule has 0 aliphatic rings. The molecule has 1 amide bonds. The van der Waals surface area contributed by atoms with Crippen molar-refractivity contribution in [2.45, 2.75) is 44.3 Å². The highest BCUT2D eigenvalue weighted by Gasteiger charge is 2.13. The average molecular weight is 426 g/mol. The number of benzene rings is 2. The van der Waals surface area contributed by atoms with E-state index >= 15 is 0 Å². The molecular formula is C23H27N3O3S. The average Bonchev–Trinajstić information content (AvgIpc) is 2.77. The fraction of sp³-hybridized carbons (Fsp3) is 0.348. The van der Waals surface area contributed by atoms with Gasteiger partial charge in [0.1, 0.15) is 5.75 Å². The van der Waals surface area contributed by atoms with Gasteiger partial charge in [0, 0.05) is 18.3 Å². The molecule has 0 bridgehead atoms. The zero-order valence-corrected chi connectivity index (χ0v) is 18.2. The Bertz CT molecular complexity index is 1060. The number of methoxy groups -OCH3 is 1. The van der Waals surface area contributed by atoms with Gasteiger partial charge in [-0.1, -0.05) is 56.1 Å². The van der Waals surface area contributed by atoms with Crippen LogP contribution >= 0.6 is 11.8 Å². The SMILES string of the molecule is CCCCCCn1c(SCC(=O)Nc2cccc(OC)c2)nc2ccccc2c1=O. The lowest BCUT2D eigenvalue weighted by Crippen LogP contribution is -2.24. The van der Waals surface area contributed by atoms with Crippen molar-refractivity contribution in [1.29, 1.82) is 0 Å². The normalized spacial score (nSPS) is 10.9. The number of nitrogens with one attached hydrogen (secondary N) is 1. The molecule has 1 heterocycles. The summed E-state index contributed by atoms with van der Waals surface area (Å²) in [7, 11) is 1.59. The van der Waals surface area contributed by atoms with Gasteiger partial charge in [-0.25, -0.2) is 4.98 Å². The van der Waals surface area contributed by atoms with Crippen LogP contribution in [0.1, 0.15) is 32.6 Å². The van der Waals surface area contributed by atoms with Crippen molar-refractivity contribution >= 4 is 34.3 Å². The van der Waals surface area contributed by atoms with Crippen molar-refractivity contribution in [1.82, 2.24) is 9.55 Å². The molecule has 3 rings (SSSR count). The summed E-state index contributed by atoms with van der Waals surface area (Å²) in [6.07, 6.45) is 4.26. The topological polar surface area (TPSA) is 73.2 Å². The Morgan fingerprint density at radius 1 is 1.13 bits per heavy atom. The lowest BCUT2D eigenvalue weighted by Gasteiger charge is -2.13. The standard InChI is InChI=1S/C23H27N3O3S/c1-3-4-5-8-14-26-22(28)19-12-6-7-13-20(19)25-23(26)30-16-21(27)24-17-10-9-11-18(15-17)29-2/h6-7,9-13,15H,3-5,8,14,16H2,1-2H3,(H,24,27). The Labute approximate surface area is 180 Å². The smallest absolute Gasteiger partial charge is 0.262 e. The fourth-order valence-electron chi connectivity index (χ4n) is 3.18. The highest BCUT2D eigenvalue weighted by Crippen LogP contribution is 2.20. The molecule has 0 spiro atoms. The molecule has 7 heteroatoms. The van der Waals surface area contributed by atoms with Gasteiger partial charge in [0.2, 0.25) is 5.91 Å². The first-order valence-corrected chi connectivity index (χ1v) is 11.2. The van der Waals surface area contributed by atoms with Crippen LogP contribution in [0.25, 0.3) is 10.9 Å². The van der Waals surface area contributed by atoms with Crippen molar-refractivity contribution in [2.75, 3.05) is 18.2 Å². The monoisotopic (exact) mass is 425 g/mol. The van der Waals surface area contributed by atoms with E-state index in [-0.39, 0.29) is 17.2 Å². The number of hydrogen-bond donors (Lipinski definition) is 1. The van der Waals surface area contributed by atoms with Gasteiger partial charge in [-0.05, 0) is 30.7 Å². The van der Waals surface area contributed by atoms with Crippen molar-refractivity contribution in [3.8, 4) is 5.75 Å². The number of ether oxygens (including phenoxy) is 1. The van der Waals surface area contributed by atoms with Gasteiger partial charge >= 0.3 is 0 Å². The predicted molar refractivity (Wildman–Crippen MR) is 122 cm³/mol. The van der Waals surface area contributed by atoms with E-state index in [1.165, 1.54) is 11.8 Å². The van der Waals surface area contributed by atoms with Crippen LogP contribution in [-0.2, 0) is 11.3 Å². The minimum atomic E-state index is -0.159. The summed E-state index contributed by atoms with van der Waals surface area (Å²) in [5.74, 6) is 0.683. The van der Waals surface area contributed by atoms with Crippen LogP contribution in [0.15, 0.2) is 58.5 Å². The third kappa shape index (κ3) is 5.63. The molecule has 0 unspecified atom stereocenters. The van der Waals surface area contributed by atoms with Crippen LogP contribution < -0.4 is 15.6 Å². The highest BCUT2D eigenvalue weighted by atomic mass is 32.2. The number of rotatable bonds is 10. The van der Waals surface area contributed by atoms with Gasteiger partial charge in [-0.2, -0.15) is 0 Å². The molecule has 3 aromatic rings. The highest BCUT2D eigenvalue weighted by molar-refractivity contribution is 7.99. The Hall–Kier alpha value is -2.80. The summed E-state index contributed by atoms with van der Waals surface area (Å²) in [5.41, 5.74) is 1.28. The van der Waals surface area contributed by atoms with Crippen LogP contribution in [0.4, 0.5) is 5.69 Å². The van der Waals surface area contributed by atoms with Gasteiger partial charge in [0.15, 0.2) is 5.16 Å². The lowest BCUT2D eigenvalue weighted by atomic mass is 10.2. The predicted octanol–water partition coefficient (Wildman–Crippen LogP) is 4.72. The zero-order chi connectivity index (χ0) is 21.3. The minimum Gasteiger partial charge on any atom is -0.497 e. The van der Waals surface area contributed by atoms with E-state index in [0.717, 1.165) is 25.7 Å². The Morgan fingerprint density at radius 2 is 1.97 bits per heavy atom. The molecule has 1 N–H and O–H groups in total. The fourth-order valence-corrected chi connectivity index (χ4v) is 4.01. The second-order valence-corrected chi connectivity index (χ2v) is 7.94. The van der Waals surface area contributed by atoms with Crippen molar-refractivity contribution < 1.29 is 9.53 Å². The van der Waals surface area contributed by atoms with Crippen LogP contribution in [0.5, 0.6) is 5.75 Å². The summed E-state index contributed by atoms with van der Waals surface area (Å²) in [6.45, 7) is 2.77. The Balaban J connectivity index is 1.76. The molecule has 0 saturated heterocycles. The van der Waals surface area contributed by atoms with Gasteiger partial charge in [0.05, 0.1) is 23.8 Å². The van der Waals surface area contributed by atoms with E-state index in [2.05, 4.69) is 17.2 Å². The van der Waals surface area contributed by atoms with Gasteiger partial charge in [-0.15, -0.1) is 0 Å². The Kier molecular flexibility index (Phi) is 7.90. The number of anilines is 1. The molecule has 1 aromatic heterocycles. The molecule has 0 fully saturated rings. The molecule has 0 aliphatic carbocycles. The van der Waals surface area contributed by atoms with Gasteiger partial charge in [0.25, 0.3) is 5.56 Å². The van der Waals surface area contributed by atoms with Crippen LogP contribution in [0, 0.1) is 0 Å². The van der Waals surface area contributed by atoms with Crippen LogP contribution in [0.2, 0.25) is 0 Å². The second-order valence-electron chi connectivity index (χ2n) is 7.00. The summed E-state index contributed by atoms with van der Waals surface area (Å²) in [6, 6.07) is 14.6. The number of fused-ring (bicyclic) bond motifs is 1. The molecule has 0 radical (unpaired) electrons. The third-order valence-corrected chi connectivity index (χ3v) is 5.72. The molecule has 158 valence electrons. The lowest BCUT2D eigenvalue weighted by molar-refractivity contribution is -0.113. The molecule has 0 aliphatic heterocycles. The Morgan fingerprint density at radius 3 is 2.77 bits per heavy atom. The van der Waals surface area contributed by atoms with E-state index in [4.69, 9.17) is 4.74 Å². The molecule has 2 aromatic carbocycles.